The first-order chi connectivity index (χ1) is 8.01. The summed E-state index contributed by atoms with van der Waals surface area (Å²) in [5.74, 6) is 0.611. The number of aliphatic hydroxyl groups excluding tert-OH is 3. The summed E-state index contributed by atoms with van der Waals surface area (Å²) < 4.78 is -0.0561. The first kappa shape index (κ1) is 15.1. The molecular weight excluding hydrogens is 262 g/mol. The van der Waals surface area contributed by atoms with E-state index in [0.29, 0.717) is 0 Å². The molecular formula is C10H19NO4S2. The smallest absolute Gasteiger partial charge is 0.217 e. The number of aliphatic hydroxyl groups is 3. The van der Waals surface area contributed by atoms with Gasteiger partial charge in [0.15, 0.2) is 0 Å². The van der Waals surface area contributed by atoms with Crippen LogP contribution in [-0.2, 0) is 4.79 Å². The lowest BCUT2D eigenvalue weighted by Crippen LogP contribution is -2.59. The molecule has 0 bridgehead atoms. The van der Waals surface area contributed by atoms with Gasteiger partial charge in [-0.05, 0) is 5.75 Å². The quantitative estimate of drug-likeness (QED) is 0.550. The largest absolute Gasteiger partial charge is 0.395 e. The van der Waals surface area contributed by atoms with Gasteiger partial charge in [0, 0.05) is 6.92 Å². The van der Waals surface area contributed by atoms with Crippen LogP contribution in [0.5, 0.6) is 0 Å². The number of hydrogen-bond acceptors (Lipinski definition) is 6. The Bertz CT molecular complexity index is 267. The Morgan fingerprint density at radius 3 is 2.53 bits per heavy atom. The molecule has 0 unspecified atom stereocenters. The monoisotopic (exact) mass is 281 g/mol. The van der Waals surface area contributed by atoms with Crippen molar-refractivity contribution in [3.8, 4) is 0 Å². The molecule has 0 radical (unpaired) electrons. The highest BCUT2D eigenvalue weighted by Crippen LogP contribution is 2.38. The van der Waals surface area contributed by atoms with Crippen molar-refractivity contribution in [2.45, 2.75) is 41.9 Å². The van der Waals surface area contributed by atoms with Crippen LogP contribution in [0.4, 0.5) is 0 Å². The van der Waals surface area contributed by atoms with Crippen LogP contribution in [-0.4, -0.2) is 61.7 Å². The molecule has 5 atom stereocenters. The number of amides is 1. The minimum absolute atomic E-state index is 0.0561. The van der Waals surface area contributed by atoms with Crippen LogP contribution in [0.25, 0.3) is 0 Å². The summed E-state index contributed by atoms with van der Waals surface area (Å²) in [5.41, 5.74) is 0. The van der Waals surface area contributed by atoms with Crippen molar-refractivity contribution in [3.63, 3.8) is 0 Å². The van der Waals surface area contributed by atoms with Gasteiger partial charge in [0.25, 0.3) is 0 Å². The average Bonchev–Trinajstić information content (AvgIpc) is 2.28. The number of rotatable bonds is 4. The Morgan fingerprint density at radius 1 is 1.41 bits per heavy atom. The van der Waals surface area contributed by atoms with Gasteiger partial charge in [-0.15, -0.1) is 23.5 Å². The van der Waals surface area contributed by atoms with E-state index in [2.05, 4.69) is 5.32 Å². The van der Waals surface area contributed by atoms with Crippen molar-refractivity contribution < 1.29 is 20.1 Å². The van der Waals surface area contributed by atoms with E-state index in [-0.39, 0.29) is 17.1 Å². The van der Waals surface area contributed by atoms with E-state index in [9.17, 15) is 15.0 Å². The maximum atomic E-state index is 11.1. The lowest BCUT2D eigenvalue weighted by molar-refractivity contribution is -0.121. The predicted molar refractivity (Wildman–Crippen MR) is 70.0 cm³/mol. The summed E-state index contributed by atoms with van der Waals surface area (Å²) in [7, 11) is 0. The van der Waals surface area contributed by atoms with Gasteiger partial charge < -0.3 is 20.6 Å². The molecule has 1 heterocycles. The van der Waals surface area contributed by atoms with Gasteiger partial charge in [0.2, 0.25) is 5.91 Å². The number of carbonyl (C=O) groups is 1. The fourth-order valence-electron chi connectivity index (χ4n) is 1.78. The molecule has 0 saturated carbocycles. The molecule has 1 saturated heterocycles. The lowest BCUT2D eigenvalue weighted by atomic mass is 10.0. The maximum absolute atomic E-state index is 11.1. The minimum atomic E-state index is -1.04. The number of carbonyl (C=O) groups excluding carboxylic acids is 1. The molecule has 0 aliphatic carbocycles. The van der Waals surface area contributed by atoms with Gasteiger partial charge in [-0.25, -0.2) is 0 Å². The SMILES string of the molecule is CCS[C@@H]1S[C@@H](CO)[C@@H](O)[C@H](O)[C@@H]1NC(C)=O. The lowest BCUT2D eigenvalue weighted by Gasteiger charge is -2.41. The van der Waals surface area contributed by atoms with Crippen LogP contribution < -0.4 is 5.32 Å². The Balaban J connectivity index is 2.78. The second kappa shape index (κ2) is 6.84. The standard InChI is InChI=1S/C10H19NO4S2/c1-3-16-10-7(11-5(2)13)9(15)8(14)6(4-12)17-10/h6-10,12,14-15H,3-4H2,1-2H3,(H,11,13)/t6-,7-,8+,9+,10+/m0/s1. The molecule has 1 amide bonds. The van der Waals surface area contributed by atoms with E-state index in [1.54, 1.807) is 11.8 Å². The molecule has 17 heavy (non-hydrogen) atoms. The summed E-state index contributed by atoms with van der Waals surface area (Å²) in [4.78, 5) is 11.1. The van der Waals surface area contributed by atoms with Gasteiger partial charge in [0.05, 0.1) is 28.6 Å². The summed E-state index contributed by atoms with van der Waals surface area (Å²) >= 11 is 3.00. The summed E-state index contributed by atoms with van der Waals surface area (Å²) in [5, 5.41) is 31.2. The Hall–Kier alpha value is 0.0500. The third-order valence-electron chi connectivity index (χ3n) is 2.58. The zero-order chi connectivity index (χ0) is 13.0. The second-order valence-corrected chi connectivity index (χ2v) is 6.99. The van der Waals surface area contributed by atoms with Crippen LogP contribution in [0.1, 0.15) is 13.8 Å². The van der Waals surface area contributed by atoms with Crippen molar-refractivity contribution in [2.75, 3.05) is 12.4 Å². The maximum Gasteiger partial charge on any atom is 0.217 e. The fraction of sp³-hybridized carbons (Fsp3) is 0.900. The van der Waals surface area contributed by atoms with Gasteiger partial charge in [-0.1, -0.05) is 6.92 Å². The van der Waals surface area contributed by atoms with Gasteiger partial charge in [-0.3, -0.25) is 4.79 Å². The van der Waals surface area contributed by atoms with Gasteiger partial charge in [-0.2, -0.15) is 0 Å². The Morgan fingerprint density at radius 2 is 2.06 bits per heavy atom. The van der Waals surface area contributed by atoms with Crippen LogP contribution in [0, 0.1) is 0 Å². The van der Waals surface area contributed by atoms with E-state index in [1.807, 2.05) is 6.92 Å². The van der Waals surface area contributed by atoms with E-state index in [0.717, 1.165) is 5.75 Å². The molecule has 1 aliphatic heterocycles. The summed E-state index contributed by atoms with van der Waals surface area (Å²) in [6.45, 7) is 3.19. The molecule has 5 nitrogen and oxygen atoms in total. The molecule has 4 N–H and O–H groups in total. The number of hydrogen-bond donors (Lipinski definition) is 4. The molecule has 0 spiro atoms. The van der Waals surface area contributed by atoms with Gasteiger partial charge >= 0.3 is 0 Å². The third kappa shape index (κ3) is 3.75. The fourth-order valence-corrected chi connectivity index (χ4v) is 4.84. The summed E-state index contributed by atoms with van der Waals surface area (Å²) in [6.07, 6.45) is -2.06. The van der Waals surface area contributed by atoms with Crippen LogP contribution >= 0.6 is 23.5 Å². The van der Waals surface area contributed by atoms with Crippen molar-refractivity contribution in [1.82, 2.24) is 5.32 Å². The number of nitrogens with one attached hydrogen (secondary N) is 1. The first-order valence-corrected chi connectivity index (χ1v) is 7.51. The van der Waals surface area contributed by atoms with E-state index in [4.69, 9.17) is 5.11 Å². The van der Waals surface area contributed by atoms with Crippen molar-refractivity contribution in [3.05, 3.63) is 0 Å². The van der Waals surface area contributed by atoms with Crippen LogP contribution in [0.15, 0.2) is 0 Å². The number of thioether (sulfide) groups is 2. The zero-order valence-corrected chi connectivity index (χ0v) is 11.5. The molecule has 0 aromatic rings. The Kier molecular flexibility index (Phi) is 6.08. The molecule has 1 rings (SSSR count). The minimum Gasteiger partial charge on any atom is -0.395 e. The van der Waals surface area contributed by atoms with E-state index in [1.165, 1.54) is 18.7 Å². The summed E-state index contributed by atoms with van der Waals surface area (Å²) in [6, 6.07) is -0.486. The highest BCUT2D eigenvalue weighted by molar-refractivity contribution is 8.17. The van der Waals surface area contributed by atoms with Crippen molar-refractivity contribution in [1.29, 1.82) is 0 Å². The third-order valence-corrected chi connectivity index (χ3v) is 5.62. The second-order valence-electron chi connectivity index (χ2n) is 3.89. The highest BCUT2D eigenvalue weighted by atomic mass is 32.2. The molecule has 1 fully saturated rings. The van der Waals surface area contributed by atoms with Gasteiger partial charge in [0.1, 0.15) is 6.10 Å². The molecule has 100 valence electrons. The Labute approximate surface area is 109 Å². The zero-order valence-electron chi connectivity index (χ0n) is 9.87. The van der Waals surface area contributed by atoms with Crippen molar-refractivity contribution >= 4 is 29.4 Å². The molecule has 0 aromatic carbocycles. The van der Waals surface area contributed by atoms with Crippen LogP contribution in [0.3, 0.4) is 0 Å². The van der Waals surface area contributed by atoms with Crippen LogP contribution in [0.2, 0.25) is 0 Å². The molecule has 1 aliphatic rings. The first-order valence-electron chi connectivity index (χ1n) is 5.52. The molecule has 0 aromatic heterocycles. The topological polar surface area (TPSA) is 89.8 Å². The predicted octanol–water partition coefficient (Wildman–Crippen LogP) is -0.600. The van der Waals surface area contributed by atoms with E-state index < -0.39 is 23.5 Å². The van der Waals surface area contributed by atoms with Crippen molar-refractivity contribution in [2.24, 2.45) is 0 Å². The molecule has 7 heteroatoms. The average molecular weight is 281 g/mol. The highest BCUT2D eigenvalue weighted by Gasteiger charge is 2.44. The normalized spacial score (nSPS) is 37.8. The van der Waals surface area contributed by atoms with E-state index >= 15 is 0 Å².